The van der Waals surface area contributed by atoms with E-state index in [1.165, 1.54) is 411 Å². The second-order valence-corrected chi connectivity index (χ2v) is 29.5. The molecule has 0 saturated carbocycles. The van der Waals surface area contributed by atoms with Crippen LogP contribution in [0, 0.1) is 0 Å². The van der Waals surface area contributed by atoms with Gasteiger partial charge in [-0.3, -0.25) is 9.59 Å². The predicted molar refractivity (Wildman–Crippen MR) is 412 cm³/mol. The number of aliphatic hydroxyl groups is 2. The quantitative estimate of drug-likeness (QED) is 0.0320. The van der Waals surface area contributed by atoms with Gasteiger partial charge < -0.3 is 20.3 Å². The summed E-state index contributed by atoms with van der Waals surface area (Å²) in [4.78, 5) is 24.6. The zero-order valence-corrected chi connectivity index (χ0v) is 63.3. The SMILES string of the molecule is CCCCCCCCCCCCCCCCCCCCCCC/C=C/C(O)C(CO)NC(=O)CCCCCCCCCCCCCCCCCCC/C=C\C/C=C\CCCCCCCCCCCCCCCCCOC(=O)CCCCCCCCCCCCCCCC. The van der Waals surface area contributed by atoms with Crippen LogP contribution in [0.3, 0.4) is 0 Å². The van der Waals surface area contributed by atoms with E-state index in [1.807, 2.05) is 6.08 Å². The van der Waals surface area contributed by atoms with Gasteiger partial charge in [-0.1, -0.05) is 442 Å². The van der Waals surface area contributed by atoms with Crippen molar-refractivity contribution in [2.24, 2.45) is 0 Å². The van der Waals surface area contributed by atoms with Crippen LogP contribution in [0.2, 0.25) is 0 Å². The number of rotatable bonds is 81. The third kappa shape index (κ3) is 79.0. The lowest BCUT2D eigenvalue weighted by Gasteiger charge is -2.20. The van der Waals surface area contributed by atoms with Crippen molar-refractivity contribution in [2.45, 2.75) is 495 Å². The van der Waals surface area contributed by atoms with Crippen molar-refractivity contribution in [3.8, 4) is 0 Å². The molecule has 0 aliphatic rings. The minimum atomic E-state index is -0.844. The highest BCUT2D eigenvalue weighted by atomic mass is 16.5. The maximum atomic E-state index is 12.6. The van der Waals surface area contributed by atoms with Crippen molar-refractivity contribution in [1.82, 2.24) is 5.32 Å². The van der Waals surface area contributed by atoms with Crippen LogP contribution >= 0.6 is 0 Å². The lowest BCUT2D eigenvalue weighted by atomic mass is 10.0. The number of hydrogen-bond acceptors (Lipinski definition) is 5. The number of carbonyl (C=O) groups excluding carboxylic acids is 2. The second-order valence-electron chi connectivity index (χ2n) is 29.5. The Labute approximate surface area is 583 Å². The van der Waals surface area contributed by atoms with E-state index in [0.717, 1.165) is 44.9 Å². The average molecular weight is 1310 g/mol. The van der Waals surface area contributed by atoms with Gasteiger partial charge in [0.05, 0.1) is 25.4 Å². The molecule has 3 N–H and O–H groups in total. The van der Waals surface area contributed by atoms with Crippen molar-refractivity contribution in [3.63, 3.8) is 0 Å². The van der Waals surface area contributed by atoms with Crippen molar-refractivity contribution in [2.75, 3.05) is 13.2 Å². The zero-order valence-electron chi connectivity index (χ0n) is 63.3. The van der Waals surface area contributed by atoms with Gasteiger partial charge in [-0.2, -0.15) is 0 Å². The first kappa shape index (κ1) is 91.1. The third-order valence-corrected chi connectivity index (χ3v) is 20.2. The number of hydrogen-bond donors (Lipinski definition) is 3. The van der Waals surface area contributed by atoms with Gasteiger partial charge in [-0.25, -0.2) is 0 Å². The maximum Gasteiger partial charge on any atom is 0.305 e. The van der Waals surface area contributed by atoms with E-state index in [9.17, 15) is 19.8 Å². The molecule has 0 bridgehead atoms. The lowest BCUT2D eigenvalue weighted by molar-refractivity contribution is -0.143. The number of esters is 1. The van der Waals surface area contributed by atoms with Gasteiger partial charge in [0.2, 0.25) is 5.91 Å². The lowest BCUT2D eigenvalue weighted by Crippen LogP contribution is -2.45. The molecule has 6 nitrogen and oxygen atoms in total. The Morgan fingerprint density at radius 3 is 0.817 bits per heavy atom. The van der Waals surface area contributed by atoms with Crippen LogP contribution in [0.15, 0.2) is 36.5 Å². The Morgan fingerprint density at radius 2 is 0.538 bits per heavy atom. The molecular formula is C87H167NO5. The van der Waals surface area contributed by atoms with Gasteiger partial charge in [0.15, 0.2) is 0 Å². The van der Waals surface area contributed by atoms with Crippen molar-refractivity contribution in [1.29, 1.82) is 0 Å². The van der Waals surface area contributed by atoms with Crippen molar-refractivity contribution in [3.05, 3.63) is 36.5 Å². The minimum Gasteiger partial charge on any atom is -0.466 e. The number of aliphatic hydroxyl groups excluding tert-OH is 2. The largest absolute Gasteiger partial charge is 0.466 e. The van der Waals surface area contributed by atoms with Gasteiger partial charge in [0, 0.05) is 12.8 Å². The van der Waals surface area contributed by atoms with Gasteiger partial charge in [-0.15, -0.1) is 0 Å². The molecule has 0 aromatic rings. The molecule has 6 heteroatoms. The van der Waals surface area contributed by atoms with E-state index in [1.54, 1.807) is 6.08 Å². The molecule has 0 aliphatic carbocycles. The van der Waals surface area contributed by atoms with Crippen LogP contribution in [-0.2, 0) is 14.3 Å². The molecule has 0 saturated heterocycles. The molecule has 0 rings (SSSR count). The van der Waals surface area contributed by atoms with E-state index in [2.05, 4.69) is 43.5 Å². The highest BCUT2D eigenvalue weighted by molar-refractivity contribution is 5.76. The molecule has 0 aromatic carbocycles. The highest BCUT2D eigenvalue weighted by Crippen LogP contribution is 2.20. The van der Waals surface area contributed by atoms with Crippen LogP contribution < -0.4 is 5.32 Å². The summed E-state index contributed by atoms with van der Waals surface area (Å²) >= 11 is 0. The Balaban J connectivity index is 3.37. The van der Waals surface area contributed by atoms with Crippen LogP contribution in [0.1, 0.15) is 483 Å². The fourth-order valence-electron chi connectivity index (χ4n) is 13.7. The summed E-state index contributed by atoms with van der Waals surface area (Å²) in [5, 5.41) is 23.3. The van der Waals surface area contributed by atoms with Gasteiger partial charge in [0.25, 0.3) is 0 Å². The molecule has 0 fully saturated rings. The number of nitrogens with one attached hydrogen (secondary N) is 1. The van der Waals surface area contributed by atoms with Gasteiger partial charge in [-0.05, 0) is 64.2 Å². The first-order chi connectivity index (χ1) is 46.0. The smallest absolute Gasteiger partial charge is 0.305 e. The highest BCUT2D eigenvalue weighted by Gasteiger charge is 2.18. The summed E-state index contributed by atoms with van der Waals surface area (Å²) in [5.74, 6) is -0.0364. The molecule has 1 amide bonds. The summed E-state index contributed by atoms with van der Waals surface area (Å²) in [7, 11) is 0. The van der Waals surface area contributed by atoms with Gasteiger partial charge >= 0.3 is 5.97 Å². The topological polar surface area (TPSA) is 95.9 Å². The summed E-state index contributed by atoms with van der Waals surface area (Å²) < 4.78 is 5.50. The molecule has 550 valence electrons. The summed E-state index contributed by atoms with van der Waals surface area (Å²) in [6.07, 6.45) is 109. The monoisotopic (exact) mass is 1310 g/mol. The van der Waals surface area contributed by atoms with E-state index in [0.29, 0.717) is 19.4 Å². The standard InChI is InChI=1S/C87H167NO5/c1-3-5-7-9-11-13-15-17-19-20-21-22-40-43-46-49-52-55-59-63-67-71-75-79-85(90)84(83-89)88-86(91)80-76-72-68-64-60-56-53-50-47-44-41-38-36-34-32-30-28-26-24-23-25-27-29-31-33-35-37-39-42-45-48-51-54-58-62-66-70-74-78-82-93-87(92)81-77-73-69-65-61-57-18-16-14-12-10-8-6-4-2/h23-24,27,29,75,79,84-85,89-90H,3-22,25-26,28,30-74,76-78,80-83H2,1-2H3,(H,88,91)/b24-23-,29-27-,79-75+. The number of unbranched alkanes of at least 4 members (excludes halogenated alkanes) is 66. The molecule has 0 radical (unpaired) electrons. The van der Waals surface area contributed by atoms with E-state index in [-0.39, 0.29) is 18.5 Å². The number of allylic oxidation sites excluding steroid dienone is 5. The van der Waals surface area contributed by atoms with E-state index < -0.39 is 12.1 Å². The van der Waals surface area contributed by atoms with Crippen LogP contribution in [-0.4, -0.2) is 47.4 Å². The number of carbonyl (C=O) groups is 2. The van der Waals surface area contributed by atoms with Crippen molar-refractivity contribution >= 4 is 11.9 Å². The molecule has 0 heterocycles. The summed E-state index contributed by atoms with van der Waals surface area (Å²) in [6.45, 7) is 4.96. The summed E-state index contributed by atoms with van der Waals surface area (Å²) in [5.41, 5.74) is 0. The second kappa shape index (κ2) is 82.5. The van der Waals surface area contributed by atoms with Crippen molar-refractivity contribution < 1.29 is 24.5 Å². The Bertz CT molecular complexity index is 1510. The Morgan fingerprint density at radius 1 is 0.301 bits per heavy atom. The normalized spacial score (nSPS) is 12.6. The predicted octanol–water partition coefficient (Wildman–Crippen LogP) is 28.6. The molecule has 0 spiro atoms. The number of amides is 1. The molecule has 0 aliphatic heterocycles. The molecule has 2 atom stereocenters. The van der Waals surface area contributed by atoms with E-state index >= 15 is 0 Å². The maximum absolute atomic E-state index is 12.6. The molecule has 2 unspecified atom stereocenters. The van der Waals surface area contributed by atoms with Gasteiger partial charge in [0.1, 0.15) is 0 Å². The fraction of sp³-hybridized carbons (Fsp3) is 0.908. The van der Waals surface area contributed by atoms with Crippen LogP contribution in [0.5, 0.6) is 0 Å². The fourth-order valence-corrected chi connectivity index (χ4v) is 13.7. The minimum absolute atomic E-state index is 0.0233. The van der Waals surface area contributed by atoms with E-state index in [4.69, 9.17) is 4.74 Å². The Kier molecular flexibility index (Phi) is 80.8. The molecule has 0 aromatic heterocycles. The van der Waals surface area contributed by atoms with Crippen LogP contribution in [0.25, 0.3) is 0 Å². The number of ether oxygens (including phenoxy) is 1. The first-order valence-electron chi connectivity index (χ1n) is 42.8. The molecular weight excluding hydrogens is 1140 g/mol. The Hall–Kier alpha value is -1.92. The third-order valence-electron chi connectivity index (χ3n) is 20.2. The summed E-state index contributed by atoms with van der Waals surface area (Å²) in [6, 6.07) is -0.627. The van der Waals surface area contributed by atoms with Crippen LogP contribution in [0.4, 0.5) is 0 Å². The first-order valence-corrected chi connectivity index (χ1v) is 42.8. The molecule has 93 heavy (non-hydrogen) atoms. The zero-order chi connectivity index (χ0) is 67.0. The average Bonchev–Trinajstić information content (AvgIpc) is 3.78.